The lowest BCUT2D eigenvalue weighted by Crippen LogP contribution is -2.30. The molecule has 2 fully saturated rings. The number of hydrogen-bond acceptors (Lipinski definition) is 5. The van der Waals surface area contributed by atoms with Gasteiger partial charge in [0.2, 0.25) is 5.91 Å². The first-order valence-electron chi connectivity index (χ1n) is 8.84. The molecule has 0 aromatic carbocycles. The van der Waals surface area contributed by atoms with Crippen LogP contribution in [0.5, 0.6) is 0 Å². The van der Waals surface area contributed by atoms with E-state index in [1.807, 2.05) is 4.90 Å². The fourth-order valence-electron chi connectivity index (χ4n) is 3.83. The van der Waals surface area contributed by atoms with Crippen molar-refractivity contribution in [2.24, 2.45) is 0 Å². The van der Waals surface area contributed by atoms with Crippen LogP contribution in [0.15, 0.2) is 25.2 Å². The van der Waals surface area contributed by atoms with Gasteiger partial charge in [-0.2, -0.15) is 0 Å². The standard InChI is InChI=1S/C18H23N5O2/c1-2-15(24)23-6-3-13(10-23)22-18-16-14(12-4-7-25-8-5-12)9-19-17(16)20-11-21-18/h2,9,11-13H,1,3-8,10H2,(H2,19,20,21,22)/t13-/m1/s1. The number of likely N-dealkylation sites (tertiary alicyclic amines) is 1. The van der Waals surface area contributed by atoms with Gasteiger partial charge in [-0.1, -0.05) is 6.58 Å². The highest BCUT2D eigenvalue weighted by Crippen LogP contribution is 2.35. The maximum Gasteiger partial charge on any atom is 0.246 e. The lowest BCUT2D eigenvalue weighted by molar-refractivity contribution is -0.125. The van der Waals surface area contributed by atoms with E-state index in [4.69, 9.17) is 4.74 Å². The fraction of sp³-hybridized carbons (Fsp3) is 0.500. The van der Waals surface area contributed by atoms with Gasteiger partial charge in [-0.3, -0.25) is 4.79 Å². The number of nitrogens with zero attached hydrogens (tertiary/aromatic N) is 3. The molecule has 2 aliphatic heterocycles. The monoisotopic (exact) mass is 341 g/mol. The van der Waals surface area contributed by atoms with Gasteiger partial charge >= 0.3 is 0 Å². The SMILES string of the molecule is C=CC(=O)N1CC[C@@H](Nc2ncnc3[nH]cc(C4CCOCC4)c23)C1. The smallest absolute Gasteiger partial charge is 0.246 e. The van der Waals surface area contributed by atoms with Crippen molar-refractivity contribution in [1.82, 2.24) is 19.9 Å². The molecule has 25 heavy (non-hydrogen) atoms. The van der Waals surface area contributed by atoms with Crippen LogP contribution in [0.1, 0.15) is 30.7 Å². The van der Waals surface area contributed by atoms with Crippen LogP contribution < -0.4 is 5.32 Å². The summed E-state index contributed by atoms with van der Waals surface area (Å²) in [5.74, 6) is 1.31. The largest absolute Gasteiger partial charge is 0.381 e. The minimum absolute atomic E-state index is 0.0123. The summed E-state index contributed by atoms with van der Waals surface area (Å²) in [5.41, 5.74) is 2.12. The number of aromatic amines is 1. The fourth-order valence-corrected chi connectivity index (χ4v) is 3.83. The van der Waals surface area contributed by atoms with E-state index < -0.39 is 0 Å². The number of anilines is 1. The van der Waals surface area contributed by atoms with Crippen LogP contribution in [-0.2, 0) is 9.53 Å². The molecule has 0 unspecified atom stereocenters. The molecule has 0 bridgehead atoms. The molecule has 0 radical (unpaired) electrons. The number of hydrogen-bond donors (Lipinski definition) is 2. The molecule has 132 valence electrons. The summed E-state index contributed by atoms with van der Waals surface area (Å²) in [5, 5.41) is 4.60. The highest BCUT2D eigenvalue weighted by atomic mass is 16.5. The zero-order valence-electron chi connectivity index (χ0n) is 14.2. The van der Waals surface area contributed by atoms with E-state index in [-0.39, 0.29) is 11.9 Å². The Hall–Kier alpha value is -2.41. The van der Waals surface area contributed by atoms with Gasteiger partial charge in [-0.05, 0) is 36.8 Å². The summed E-state index contributed by atoms with van der Waals surface area (Å²) in [7, 11) is 0. The number of fused-ring (bicyclic) bond motifs is 1. The summed E-state index contributed by atoms with van der Waals surface area (Å²) < 4.78 is 5.49. The molecular formula is C18H23N5O2. The Morgan fingerprint density at radius 1 is 1.36 bits per heavy atom. The van der Waals surface area contributed by atoms with Gasteiger partial charge in [0.15, 0.2) is 0 Å². The van der Waals surface area contributed by atoms with Crippen molar-refractivity contribution in [3.8, 4) is 0 Å². The van der Waals surface area contributed by atoms with E-state index in [1.165, 1.54) is 11.6 Å². The Labute approximate surface area is 146 Å². The van der Waals surface area contributed by atoms with Gasteiger partial charge in [-0.25, -0.2) is 9.97 Å². The summed E-state index contributed by atoms with van der Waals surface area (Å²) >= 11 is 0. The number of carbonyl (C=O) groups is 1. The number of H-pyrrole nitrogens is 1. The number of rotatable bonds is 4. The lowest BCUT2D eigenvalue weighted by Gasteiger charge is -2.22. The summed E-state index contributed by atoms with van der Waals surface area (Å²) in [6, 6.07) is 0.194. The van der Waals surface area contributed by atoms with Crippen molar-refractivity contribution in [1.29, 1.82) is 0 Å². The first kappa shape index (κ1) is 16.1. The van der Waals surface area contributed by atoms with E-state index >= 15 is 0 Å². The van der Waals surface area contributed by atoms with Gasteiger partial charge in [0.05, 0.1) is 5.39 Å². The minimum atomic E-state index is -0.0123. The third-order valence-corrected chi connectivity index (χ3v) is 5.18. The van der Waals surface area contributed by atoms with Crippen LogP contribution in [0.3, 0.4) is 0 Å². The van der Waals surface area contributed by atoms with Gasteiger partial charge < -0.3 is 19.9 Å². The van der Waals surface area contributed by atoms with Crippen molar-refractivity contribution in [3.63, 3.8) is 0 Å². The third kappa shape index (κ3) is 3.11. The van der Waals surface area contributed by atoms with Gasteiger partial charge in [-0.15, -0.1) is 0 Å². The molecule has 0 spiro atoms. The molecule has 1 amide bonds. The lowest BCUT2D eigenvalue weighted by atomic mass is 9.92. The second-order valence-corrected chi connectivity index (χ2v) is 6.69. The first-order valence-corrected chi connectivity index (χ1v) is 8.84. The van der Waals surface area contributed by atoms with Gasteiger partial charge in [0.1, 0.15) is 17.8 Å². The van der Waals surface area contributed by atoms with Crippen LogP contribution in [0.2, 0.25) is 0 Å². The van der Waals surface area contributed by atoms with Crippen molar-refractivity contribution in [2.45, 2.75) is 31.2 Å². The molecule has 4 heterocycles. The Bertz CT molecular complexity index is 781. The molecular weight excluding hydrogens is 318 g/mol. The number of carbonyl (C=O) groups excluding carboxylic acids is 1. The number of aromatic nitrogens is 3. The van der Waals surface area contributed by atoms with Crippen molar-refractivity contribution < 1.29 is 9.53 Å². The van der Waals surface area contributed by atoms with Crippen molar-refractivity contribution in [3.05, 3.63) is 30.7 Å². The zero-order chi connectivity index (χ0) is 17.2. The third-order valence-electron chi connectivity index (χ3n) is 5.18. The molecule has 2 N–H and O–H groups in total. The summed E-state index contributed by atoms with van der Waals surface area (Å²) in [6.07, 6.45) is 7.96. The van der Waals surface area contributed by atoms with Crippen LogP contribution in [0.4, 0.5) is 5.82 Å². The number of nitrogens with one attached hydrogen (secondary N) is 2. The molecule has 4 rings (SSSR count). The molecule has 2 aromatic heterocycles. The van der Waals surface area contributed by atoms with Gasteiger partial charge in [0, 0.05) is 38.5 Å². The number of amides is 1. The predicted molar refractivity (Wildman–Crippen MR) is 95.5 cm³/mol. The van der Waals surface area contributed by atoms with Crippen molar-refractivity contribution in [2.75, 3.05) is 31.6 Å². The first-order chi connectivity index (χ1) is 12.3. The zero-order valence-corrected chi connectivity index (χ0v) is 14.2. The summed E-state index contributed by atoms with van der Waals surface area (Å²) in [4.78, 5) is 25.7. The van der Waals surface area contributed by atoms with E-state index in [0.717, 1.165) is 55.9 Å². The highest BCUT2D eigenvalue weighted by Gasteiger charge is 2.27. The molecule has 7 heteroatoms. The molecule has 1 atom stereocenters. The van der Waals surface area contributed by atoms with Crippen molar-refractivity contribution >= 4 is 22.8 Å². The van der Waals surface area contributed by atoms with Crippen LogP contribution >= 0.6 is 0 Å². The molecule has 2 saturated heterocycles. The van der Waals surface area contributed by atoms with Gasteiger partial charge in [0.25, 0.3) is 0 Å². The predicted octanol–water partition coefficient (Wildman–Crippen LogP) is 2.05. The highest BCUT2D eigenvalue weighted by molar-refractivity contribution is 5.91. The van der Waals surface area contributed by atoms with E-state index in [2.05, 4.69) is 33.0 Å². The van der Waals surface area contributed by atoms with Crippen LogP contribution in [0, 0.1) is 0 Å². The average molecular weight is 341 g/mol. The Balaban J connectivity index is 1.58. The molecule has 7 nitrogen and oxygen atoms in total. The quantitative estimate of drug-likeness (QED) is 0.832. The maximum absolute atomic E-state index is 11.8. The van der Waals surface area contributed by atoms with E-state index in [9.17, 15) is 4.79 Å². The minimum Gasteiger partial charge on any atom is -0.381 e. The molecule has 0 aliphatic carbocycles. The Morgan fingerprint density at radius 2 is 2.20 bits per heavy atom. The molecule has 2 aromatic rings. The molecule has 0 saturated carbocycles. The normalized spacial score (nSPS) is 21.6. The second kappa shape index (κ2) is 6.84. The average Bonchev–Trinajstić information content (AvgIpc) is 3.29. The second-order valence-electron chi connectivity index (χ2n) is 6.69. The number of ether oxygens (including phenoxy) is 1. The van der Waals surface area contributed by atoms with Crippen LogP contribution in [0.25, 0.3) is 11.0 Å². The van der Waals surface area contributed by atoms with E-state index in [1.54, 1.807) is 6.33 Å². The topological polar surface area (TPSA) is 83.1 Å². The Kier molecular flexibility index (Phi) is 4.40. The van der Waals surface area contributed by atoms with E-state index in [0.29, 0.717) is 12.5 Å². The maximum atomic E-state index is 11.8. The Morgan fingerprint density at radius 3 is 3.00 bits per heavy atom. The summed E-state index contributed by atoms with van der Waals surface area (Å²) in [6.45, 7) is 6.59. The molecule has 2 aliphatic rings. The van der Waals surface area contributed by atoms with Crippen LogP contribution in [-0.4, -0.2) is 58.1 Å².